The molecule has 5 rings (SSSR count). The van der Waals surface area contributed by atoms with Crippen LogP contribution in [0.3, 0.4) is 0 Å². The van der Waals surface area contributed by atoms with Gasteiger partial charge in [0.25, 0.3) is 0 Å². The third-order valence-electron chi connectivity index (χ3n) is 4.81. The first-order valence-corrected chi connectivity index (χ1v) is 9.16. The molecule has 3 aromatic rings. The molecule has 1 N–H and O–H groups in total. The van der Waals surface area contributed by atoms with E-state index >= 15 is 0 Å². The molecule has 1 fully saturated rings. The van der Waals surface area contributed by atoms with Crippen molar-refractivity contribution in [1.29, 1.82) is 0 Å². The van der Waals surface area contributed by atoms with Crippen LogP contribution in [-0.2, 0) is 0 Å². The van der Waals surface area contributed by atoms with Crippen molar-refractivity contribution < 1.29 is 0 Å². The van der Waals surface area contributed by atoms with Gasteiger partial charge in [-0.2, -0.15) is 0 Å². The van der Waals surface area contributed by atoms with E-state index in [1.54, 1.807) is 24.8 Å². The molecular weight excluding hydrogens is 364 g/mol. The molecule has 2 aliphatic rings. The van der Waals surface area contributed by atoms with Crippen LogP contribution in [0, 0.1) is 0 Å². The van der Waals surface area contributed by atoms with E-state index in [4.69, 9.17) is 16.6 Å². The minimum atomic E-state index is 0.268. The van der Waals surface area contributed by atoms with Gasteiger partial charge in [-0.25, -0.2) is 19.9 Å². The molecule has 0 radical (unpaired) electrons. The number of nitrogens with one attached hydrogen (secondary N) is 1. The normalized spacial score (nSPS) is 19.7. The van der Waals surface area contributed by atoms with E-state index in [1.165, 1.54) is 5.57 Å². The first-order chi connectivity index (χ1) is 13.3. The Morgan fingerprint density at radius 3 is 3.04 bits per heavy atom. The predicted molar refractivity (Wildman–Crippen MR) is 104 cm³/mol. The maximum atomic E-state index is 6.03. The molecule has 8 nitrogen and oxygen atoms in total. The fraction of sp³-hybridized carbons (Fsp3) is 0.278. The second-order valence-electron chi connectivity index (χ2n) is 6.47. The standard InChI is InChI=1S/C18H17ClN8/c19-15-11-27-14(8-24-17(27)9-23-15)18-22-4-2-16(25-18)26-6-5-21-13(10-26)12-1-3-20-7-12/h1-2,4,7-9,11,13,21H,3,5-6,10H2. The maximum Gasteiger partial charge on any atom is 0.180 e. The number of aliphatic imine (C=N–C) groups is 1. The Morgan fingerprint density at radius 2 is 2.15 bits per heavy atom. The van der Waals surface area contributed by atoms with Gasteiger partial charge in [-0.15, -0.1) is 0 Å². The third kappa shape index (κ3) is 3.07. The second kappa shape index (κ2) is 6.71. The number of nitrogens with zero attached hydrogens (tertiary/aromatic N) is 7. The van der Waals surface area contributed by atoms with Crippen LogP contribution in [0.4, 0.5) is 5.82 Å². The molecule has 0 bridgehead atoms. The average molecular weight is 381 g/mol. The monoisotopic (exact) mass is 380 g/mol. The zero-order valence-electron chi connectivity index (χ0n) is 14.5. The maximum absolute atomic E-state index is 6.03. The Morgan fingerprint density at radius 1 is 1.19 bits per heavy atom. The van der Waals surface area contributed by atoms with Crippen molar-refractivity contribution in [3.8, 4) is 11.5 Å². The fourth-order valence-electron chi connectivity index (χ4n) is 3.46. The molecule has 2 aliphatic heterocycles. The Bertz CT molecular complexity index is 1060. The molecule has 1 saturated heterocycles. The summed E-state index contributed by atoms with van der Waals surface area (Å²) in [5.74, 6) is 1.51. The van der Waals surface area contributed by atoms with Gasteiger partial charge in [-0.05, 0) is 11.6 Å². The van der Waals surface area contributed by atoms with Gasteiger partial charge < -0.3 is 10.2 Å². The van der Waals surface area contributed by atoms with Crippen molar-refractivity contribution in [2.75, 3.05) is 31.1 Å². The number of rotatable bonds is 3. The summed E-state index contributed by atoms with van der Waals surface area (Å²) in [6.07, 6.45) is 11.0. The highest BCUT2D eigenvalue weighted by Crippen LogP contribution is 2.22. The highest BCUT2D eigenvalue weighted by atomic mass is 35.5. The van der Waals surface area contributed by atoms with Gasteiger partial charge >= 0.3 is 0 Å². The minimum absolute atomic E-state index is 0.268. The van der Waals surface area contributed by atoms with Gasteiger partial charge in [-0.1, -0.05) is 17.7 Å². The number of fused-ring (bicyclic) bond motifs is 1. The quantitative estimate of drug-likeness (QED) is 0.743. The van der Waals surface area contributed by atoms with Crippen molar-refractivity contribution in [3.63, 3.8) is 0 Å². The molecule has 3 aromatic heterocycles. The van der Waals surface area contributed by atoms with Crippen LogP contribution in [0.2, 0.25) is 5.15 Å². The Balaban J connectivity index is 1.46. The number of hydrogen-bond donors (Lipinski definition) is 1. The van der Waals surface area contributed by atoms with Crippen molar-refractivity contribution in [3.05, 3.63) is 47.7 Å². The number of imidazole rings is 1. The van der Waals surface area contributed by atoms with Crippen LogP contribution in [-0.4, -0.2) is 62.8 Å². The largest absolute Gasteiger partial charge is 0.353 e. The molecule has 136 valence electrons. The lowest BCUT2D eigenvalue weighted by Gasteiger charge is -2.34. The van der Waals surface area contributed by atoms with Crippen LogP contribution in [0.5, 0.6) is 0 Å². The lowest BCUT2D eigenvalue weighted by atomic mass is 10.1. The summed E-state index contributed by atoms with van der Waals surface area (Å²) in [5, 5.41) is 3.95. The second-order valence-corrected chi connectivity index (χ2v) is 6.86. The van der Waals surface area contributed by atoms with Gasteiger partial charge in [0.05, 0.1) is 25.0 Å². The SMILES string of the molecule is Clc1cn2c(-c3nccc(N4CCNC(C5=CCN=C5)C4)n3)cnc2cn1. The van der Waals surface area contributed by atoms with Gasteiger partial charge in [0, 0.05) is 38.2 Å². The summed E-state index contributed by atoms with van der Waals surface area (Å²) >= 11 is 6.03. The number of hydrogen-bond acceptors (Lipinski definition) is 7. The van der Waals surface area contributed by atoms with E-state index in [-0.39, 0.29) is 6.04 Å². The van der Waals surface area contributed by atoms with E-state index in [0.29, 0.717) is 16.6 Å². The van der Waals surface area contributed by atoms with E-state index < -0.39 is 0 Å². The van der Waals surface area contributed by atoms with E-state index in [9.17, 15) is 0 Å². The van der Waals surface area contributed by atoms with Crippen LogP contribution in [0.25, 0.3) is 17.2 Å². The Labute approximate surface area is 160 Å². The Kier molecular flexibility index (Phi) is 4.06. The summed E-state index contributed by atoms with van der Waals surface area (Å²) in [7, 11) is 0. The highest BCUT2D eigenvalue weighted by Gasteiger charge is 2.24. The van der Waals surface area contributed by atoms with Crippen LogP contribution in [0.15, 0.2) is 47.5 Å². The minimum Gasteiger partial charge on any atom is -0.353 e. The van der Waals surface area contributed by atoms with Gasteiger partial charge in [0.2, 0.25) is 0 Å². The van der Waals surface area contributed by atoms with Crippen LogP contribution >= 0.6 is 11.6 Å². The molecule has 1 unspecified atom stereocenters. The van der Waals surface area contributed by atoms with E-state index in [0.717, 1.165) is 37.7 Å². The van der Waals surface area contributed by atoms with Crippen molar-refractivity contribution in [1.82, 2.24) is 29.7 Å². The summed E-state index contributed by atoms with van der Waals surface area (Å²) in [6.45, 7) is 3.40. The topological polar surface area (TPSA) is 83.6 Å². The summed E-state index contributed by atoms with van der Waals surface area (Å²) in [5.41, 5.74) is 2.74. The fourth-order valence-corrected chi connectivity index (χ4v) is 3.61. The van der Waals surface area contributed by atoms with E-state index in [1.807, 2.05) is 16.7 Å². The smallest absolute Gasteiger partial charge is 0.180 e. The molecule has 9 heteroatoms. The molecule has 0 aliphatic carbocycles. The van der Waals surface area contributed by atoms with Crippen LogP contribution < -0.4 is 10.2 Å². The lowest BCUT2D eigenvalue weighted by Crippen LogP contribution is -2.52. The van der Waals surface area contributed by atoms with E-state index in [2.05, 4.69) is 36.2 Å². The van der Waals surface area contributed by atoms with Crippen molar-refractivity contribution in [2.24, 2.45) is 4.99 Å². The number of anilines is 1. The molecule has 0 spiro atoms. The molecule has 0 aromatic carbocycles. The molecule has 1 atom stereocenters. The highest BCUT2D eigenvalue weighted by molar-refractivity contribution is 6.29. The average Bonchev–Trinajstić information content (AvgIpc) is 3.38. The molecule has 0 amide bonds. The third-order valence-corrected chi connectivity index (χ3v) is 5.00. The predicted octanol–water partition coefficient (Wildman–Crippen LogP) is 1.63. The van der Waals surface area contributed by atoms with Gasteiger partial charge in [0.15, 0.2) is 11.5 Å². The summed E-state index contributed by atoms with van der Waals surface area (Å²) in [6, 6.07) is 2.21. The number of halogens is 1. The summed E-state index contributed by atoms with van der Waals surface area (Å²) < 4.78 is 1.86. The van der Waals surface area contributed by atoms with Gasteiger partial charge in [-0.3, -0.25) is 9.39 Å². The first-order valence-electron chi connectivity index (χ1n) is 8.78. The number of piperazine rings is 1. The van der Waals surface area contributed by atoms with Crippen LogP contribution in [0.1, 0.15) is 0 Å². The molecule has 27 heavy (non-hydrogen) atoms. The zero-order valence-corrected chi connectivity index (χ0v) is 15.2. The molecular formula is C18H17ClN8. The zero-order chi connectivity index (χ0) is 18.2. The summed E-state index contributed by atoms with van der Waals surface area (Å²) in [4.78, 5) is 24.2. The van der Waals surface area contributed by atoms with Crippen molar-refractivity contribution in [2.45, 2.75) is 6.04 Å². The lowest BCUT2D eigenvalue weighted by molar-refractivity contribution is 0.508. The molecule has 0 saturated carbocycles. The van der Waals surface area contributed by atoms with Gasteiger partial charge in [0.1, 0.15) is 16.7 Å². The number of aromatic nitrogens is 5. The molecule has 5 heterocycles. The first kappa shape index (κ1) is 16.3. The van der Waals surface area contributed by atoms with Crippen molar-refractivity contribution >= 4 is 29.3 Å². The Hall–Kier alpha value is -2.84.